The molecule has 52 valence electrons. The number of methoxy groups -OCH3 is 1. The average Bonchev–Trinajstić information content (AvgIpc) is 1.89. The van der Waals surface area contributed by atoms with Crippen LogP contribution < -0.4 is 5.73 Å². The fourth-order valence-electron chi connectivity index (χ4n) is 0. The van der Waals surface area contributed by atoms with Crippen molar-refractivity contribution < 1.29 is 9.53 Å². The van der Waals surface area contributed by atoms with Crippen LogP contribution in [0.5, 0.6) is 0 Å². The van der Waals surface area contributed by atoms with E-state index in [0.29, 0.717) is 0 Å². The van der Waals surface area contributed by atoms with Crippen molar-refractivity contribution in [2.24, 2.45) is 5.73 Å². The molecule has 0 aliphatic carbocycles. The third-order valence-corrected chi connectivity index (χ3v) is 0.380. The Morgan fingerprint density at radius 2 is 2.22 bits per heavy atom. The first kappa shape index (κ1) is 10.9. The summed E-state index contributed by atoms with van der Waals surface area (Å²) in [6, 6.07) is 1.70. The lowest BCUT2D eigenvalue weighted by Crippen LogP contribution is -2.08. The second-order valence-corrected chi connectivity index (χ2v) is 1.08. The quantitative estimate of drug-likeness (QED) is 0.510. The Bertz CT molecular complexity index is 110. The van der Waals surface area contributed by atoms with E-state index in [9.17, 15) is 4.79 Å². The molecule has 0 saturated carbocycles. The Kier molecular flexibility index (Phi) is 12.3. The lowest BCUT2D eigenvalue weighted by atomic mass is 10.9. The van der Waals surface area contributed by atoms with Crippen molar-refractivity contribution in [2.75, 3.05) is 13.0 Å². The number of nitrogens with zero attached hydrogens (tertiary/aromatic N) is 1. The summed E-state index contributed by atoms with van der Waals surface area (Å²) in [6.45, 7) is 0. The first-order valence-corrected chi connectivity index (χ1v) is 2.48. The first-order chi connectivity index (χ1) is 4.18. The van der Waals surface area contributed by atoms with Crippen LogP contribution in [0, 0.1) is 11.3 Å². The van der Waals surface area contributed by atoms with Gasteiger partial charge in [-0.3, -0.25) is 0 Å². The van der Waals surface area contributed by atoms with Gasteiger partial charge in [0.15, 0.2) is 0 Å². The highest BCUT2D eigenvalue weighted by Gasteiger charge is 1.76. The van der Waals surface area contributed by atoms with Gasteiger partial charge in [0.1, 0.15) is 5.88 Å². The molecular formula is C4H7ClN2O2. The summed E-state index contributed by atoms with van der Waals surface area (Å²) in [5.74, 6) is 0.0972. The van der Waals surface area contributed by atoms with Gasteiger partial charge in [0.25, 0.3) is 0 Å². The molecule has 0 aliphatic heterocycles. The van der Waals surface area contributed by atoms with Crippen molar-refractivity contribution in [1.82, 2.24) is 0 Å². The van der Waals surface area contributed by atoms with Crippen LogP contribution >= 0.6 is 11.6 Å². The van der Waals surface area contributed by atoms with Gasteiger partial charge in [-0.05, 0) is 0 Å². The van der Waals surface area contributed by atoms with Crippen molar-refractivity contribution in [2.45, 2.75) is 0 Å². The molecule has 0 unspecified atom stereocenters. The molecule has 0 spiro atoms. The number of rotatable bonds is 0. The van der Waals surface area contributed by atoms with Crippen molar-refractivity contribution in [3.8, 4) is 6.07 Å². The van der Waals surface area contributed by atoms with Crippen LogP contribution in [0.1, 0.15) is 0 Å². The minimum absolute atomic E-state index is 0.0972. The number of halogens is 1. The minimum Gasteiger partial charge on any atom is -0.453 e. The zero-order valence-electron chi connectivity index (χ0n) is 4.93. The van der Waals surface area contributed by atoms with Crippen molar-refractivity contribution in [1.29, 1.82) is 5.26 Å². The van der Waals surface area contributed by atoms with Gasteiger partial charge in [0.05, 0.1) is 13.2 Å². The number of nitrogens with two attached hydrogens (primary N) is 1. The Morgan fingerprint density at radius 1 is 2.00 bits per heavy atom. The maximum Gasteiger partial charge on any atom is 0.404 e. The molecule has 5 heteroatoms. The molecule has 9 heavy (non-hydrogen) atoms. The van der Waals surface area contributed by atoms with Gasteiger partial charge in [-0.25, -0.2) is 4.79 Å². The lowest BCUT2D eigenvalue weighted by Gasteiger charge is -1.81. The molecule has 4 nitrogen and oxygen atoms in total. The van der Waals surface area contributed by atoms with E-state index in [1.54, 1.807) is 6.07 Å². The third-order valence-electron chi connectivity index (χ3n) is 0.261. The Labute approximate surface area is 58.2 Å². The largest absolute Gasteiger partial charge is 0.453 e. The predicted octanol–water partition coefficient (Wildman–Crippen LogP) is 0.460. The van der Waals surface area contributed by atoms with Gasteiger partial charge in [0.2, 0.25) is 0 Å². The highest BCUT2D eigenvalue weighted by atomic mass is 35.5. The maximum atomic E-state index is 9.37. The molecule has 0 radical (unpaired) electrons. The van der Waals surface area contributed by atoms with Crippen LogP contribution in [0.15, 0.2) is 0 Å². The van der Waals surface area contributed by atoms with Crippen LogP contribution in [-0.4, -0.2) is 19.1 Å². The summed E-state index contributed by atoms with van der Waals surface area (Å²) < 4.78 is 3.89. The number of alkyl halides is 1. The summed E-state index contributed by atoms with van der Waals surface area (Å²) in [5.41, 5.74) is 4.43. The highest BCUT2D eigenvalue weighted by molar-refractivity contribution is 6.19. The number of hydrogen-bond acceptors (Lipinski definition) is 3. The van der Waals surface area contributed by atoms with E-state index >= 15 is 0 Å². The van der Waals surface area contributed by atoms with Crippen LogP contribution in [0.25, 0.3) is 0 Å². The Hall–Kier alpha value is -0.950. The second kappa shape index (κ2) is 10.1. The van der Waals surface area contributed by atoms with E-state index in [2.05, 4.69) is 10.5 Å². The smallest absolute Gasteiger partial charge is 0.404 e. The van der Waals surface area contributed by atoms with Gasteiger partial charge >= 0.3 is 6.09 Å². The number of amides is 1. The summed E-state index contributed by atoms with van der Waals surface area (Å²) in [6.07, 6.45) is -0.745. The summed E-state index contributed by atoms with van der Waals surface area (Å²) in [5, 5.41) is 7.49. The number of ether oxygens (including phenoxy) is 1. The fraction of sp³-hybridized carbons (Fsp3) is 0.500. The molecule has 0 saturated heterocycles. The molecule has 0 heterocycles. The molecule has 0 rings (SSSR count). The Balaban J connectivity index is 0. The van der Waals surface area contributed by atoms with Gasteiger partial charge in [-0.15, -0.1) is 11.6 Å². The molecule has 0 bridgehead atoms. The van der Waals surface area contributed by atoms with E-state index in [-0.39, 0.29) is 5.88 Å². The highest BCUT2D eigenvalue weighted by Crippen LogP contribution is 1.61. The number of primary amides is 1. The molecule has 1 amide bonds. The molecular weight excluding hydrogens is 144 g/mol. The van der Waals surface area contributed by atoms with E-state index in [4.69, 9.17) is 16.9 Å². The van der Waals surface area contributed by atoms with Gasteiger partial charge < -0.3 is 10.5 Å². The predicted molar refractivity (Wildman–Crippen MR) is 32.9 cm³/mol. The second-order valence-electron chi connectivity index (χ2n) is 0.815. The summed E-state index contributed by atoms with van der Waals surface area (Å²) in [7, 11) is 1.22. The molecule has 0 aliphatic rings. The van der Waals surface area contributed by atoms with Crippen molar-refractivity contribution >= 4 is 17.7 Å². The van der Waals surface area contributed by atoms with Crippen LogP contribution in [0.2, 0.25) is 0 Å². The molecule has 0 aromatic rings. The van der Waals surface area contributed by atoms with E-state index < -0.39 is 6.09 Å². The number of carbonyl (C=O) groups excluding carboxylic acids is 1. The maximum absolute atomic E-state index is 9.37. The molecule has 0 aromatic carbocycles. The van der Waals surface area contributed by atoms with Crippen molar-refractivity contribution in [3.63, 3.8) is 0 Å². The average molecular weight is 151 g/mol. The number of carbonyl (C=O) groups is 1. The van der Waals surface area contributed by atoms with Crippen LogP contribution in [0.3, 0.4) is 0 Å². The standard InChI is InChI=1S/C2H2ClN.C2H5NO2/c3-1-2-4;1-5-2(3)4/h1H2;1H3,(H2,3,4). The summed E-state index contributed by atoms with van der Waals surface area (Å²) in [4.78, 5) is 9.37. The van der Waals surface area contributed by atoms with E-state index in [0.717, 1.165) is 0 Å². The topological polar surface area (TPSA) is 76.1 Å². The number of nitriles is 1. The zero-order valence-corrected chi connectivity index (χ0v) is 5.68. The first-order valence-electron chi connectivity index (χ1n) is 1.95. The SMILES string of the molecule is COC(N)=O.N#CCCl. The van der Waals surface area contributed by atoms with Gasteiger partial charge in [-0.1, -0.05) is 0 Å². The van der Waals surface area contributed by atoms with Crippen LogP contribution in [0.4, 0.5) is 4.79 Å². The van der Waals surface area contributed by atoms with Crippen LogP contribution in [-0.2, 0) is 4.74 Å². The third kappa shape index (κ3) is 42.8. The minimum atomic E-state index is -0.745. The monoisotopic (exact) mass is 150 g/mol. The lowest BCUT2D eigenvalue weighted by molar-refractivity contribution is 0.182. The van der Waals surface area contributed by atoms with Gasteiger partial charge in [0, 0.05) is 0 Å². The van der Waals surface area contributed by atoms with E-state index in [1.165, 1.54) is 7.11 Å². The summed E-state index contributed by atoms with van der Waals surface area (Å²) >= 11 is 4.82. The molecule has 0 aromatic heterocycles. The fourth-order valence-corrected chi connectivity index (χ4v) is 0. The van der Waals surface area contributed by atoms with E-state index in [1.807, 2.05) is 0 Å². The molecule has 2 N–H and O–H groups in total. The molecule has 0 atom stereocenters. The molecule has 0 fully saturated rings. The zero-order chi connectivity index (χ0) is 7.70. The van der Waals surface area contributed by atoms with Gasteiger partial charge in [-0.2, -0.15) is 5.26 Å². The van der Waals surface area contributed by atoms with Crippen molar-refractivity contribution in [3.05, 3.63) is 0 Å². The normalized spacial score (nSPS) is 5.89. The Morgan fingerprint density at radius 3 is 2.22 bits per heavy atom. The number of hydrogen-bond donors (Lipinski definition) is 1.